The van der Waals surface area contributed by atoms with Crippen LogP contribution in [0.3, 0.4) is 0 Å². The van der Waals surface area contributed by atoms with Crippen molar-refractivity contribution in [3.63, 3.8) is 0 Å². The molecule has 0 fully saturated rings. The average molecular weight is 225 g/mol. The van der Waals surface area contributed by atoms with E-state index in [0.717, 1.165) is 0 Å². The highest BCUT2D eigenvalue weighted by Crippen LogP contribution is 2.41. The summed E-state index contributed by atoms with van der Waals surface area (Å²) in [5.41, 5.74) is -2.74. The molecule has 0 aliphatic carbocycles. The van der Waals surface area contributed by atoms with E-state index in [-0.39, 0.29) is 6.08 Å². The number of hydrogen-bond donors (Lipinski definition) is 0. The van der Waals surface area contributed by atoms with Crippen molar-refractivity contribution in [1.29, 1.82) is 0 Å². The van der Waals surface area contributed by atoms with Gasteiger partial charge in [-0.05, 0) is 0 Å². The topological polar surface area (TPSA) is 0 Å². The molecule has 0 aliphatic rings. The lowest BCUT2D eigenvalue weighted by Gasteiger charge is -2.15. The second-order valence-corrected chi connectivity index (χ2v) is 2.33. The van der Waals surface area contributed by atoms with Crippen LogP contribution >= 0.6 is 11.6 Å². The molecule has 0 N–H and O–H groups in total. The maximum atomic E-state index is 11.7. The SMILES string of the molecule is C=CC(Cl)=C(C(F)(F)F)C(F)(F)F. The van der Waals surface area contributed by atoms with Crippen molar-refractivity contribution in [2.75, 3.05) is 0 Å². The van der Waals surface area contributed by atoms with Gasteiger partial charge >= 0.3 is 12.4 Å². The molecule has 0 atom stereocenters. The molecule has 0 aromatic carbocycles. The second kappa shape index (κ2) is 3.61. The molecule has 13 heavy (non-hydrogen) atoms. The predicted octanol–water partition coefficient (Wildman–Crippen LogP) is 3.79. The van der Waals surface area contributed by atoms with Gasteiger partial charge in [0, 0.05) is 0 Å². The third kappa shape index (κ3) is 3.30. The normalized spacial score (nSPS) is 12.5. The van der Waals surface area contributed by atoms with Gasteiger partial charge in [-0.15, -0.1) is 0 Å². The van der Waals surface area contributed by atoms with Crippen molar-refractivity contribution >= 4 is 11.6 Å². The number of alkyl halides is 6. The molecule has 0 saturated carbocycles. The summed E-state index contributed by atoms with van der Waals surface area (Å²) in [7, 11) is 0. The van der Waals surface area contributed by atoms with Gasteiger partial charge in [0.1, 0.15) is 0 Å². The Kier molecular flexibility index (Phi) is 3.43. The van der Waals surface area contributed by atoms with Crippen LogP contribution in [0, 0.1) is 0 Å². The molecule has 76 valence electrons. The van der Waals surface area contributed by atoms with Crippen molar-refractivity contribution in [2.24, 2.45) is 0 Å². The van der Waals surface area contributed by atoms with E-state index in [4.69, 9.17) is 11.6 Å². The molecule has 0 heterocycles. The number of halogens is 7. The van der Waals surface area contributed by atoms with Crippen LogP contribution in [0.15, 0.2) is 23.3 Å². The van der Waals surface area contributed by atoms with Gasteiger partial charge in [0.15, 0.2) is 5.57 Å². The Labute approximate surface area is 74.5 Å². The van der Waals surface area contributed by atoms with E-state index in [9.17, 15) is 26.3 Å². The highest BCUT2D eigenvalue weighted by molar-refractivity contribution is 6.31. The van der Waals surface area contributed by atoms with Crippen molar-refractivity contribution in [3.05, 3.63) is 23.3 Å². The summed E-state index contributed by atoms with van der Waals surface area (Å²) in [6, 6.07) is 0. The summed E-state index contributed by atoms with van der Waals surface area (Å²) < 4.78 is 70.5. The molecule has 0 nitrogen and oxygen atoms in total. The van der Waals surface area contributed by atoms with Gasteiger partial charge in [-0.3, -0.25) is 0 Å². The summed E-state index contributed by atoms with van der Waals surface area (Å²) in [5, 5.41) is -1.46. The highest BCUT2D eigenvalue weighted by atomic mass is 35.5. The van der Waals surface area contributed by atoms with E-state index in [0.29, 0.717) is 0 Å². The van der Waals surface area contributed by atoms with Gasteiger partial charge in [0.05, 0.1) is 5.03 Å². The minimum atomic E-state index is -5.52. The zero-order chi connectivity index (χ0) is 10.9. The zero-order valence-electron chi connectivity index (χ0n) is 5.93. The summed E-state index contributed by atoms with van der Waals surface area (Å²) in [6.45, 7) is 2.72. The van der Waals surface area contributed by atoms with Gasteiger partial charge in [0.25, 0.3) is 0 Å². The molecule has 0 radical (unpaired) electrons. The van der Waals surface area contributed by atoms with E-state index in [1.165, 1.54) is 0 Å². The average Bonchev–Trinajstić information content (AvgIpc) is 1.80. The Balaban J connectivity index is 5.38. The first kappa shape index (κ1) is 12.3. The third-order valence-electron chi connectivity index (χ3n) is 0.985. The summed E-state index contributed by atoms with van der Waals surface area (Å²) in [4.78, 5) is 0. The Morgan fingerprint density at radius 3 is 1.38 bits per heavy atom. The lowest BCUT2D eigenvalue weighted by atomic mass is 10.2. The fraction of sp³-hybridized carbons (Fsp3) is 0.333. The minimum absolute atomic E-state index is 0.290. The number of rotatable bonds is 1. The third-order valence-corrected chi connectivity index (χ3v) is 1.33. The molecule has 0 bridgehead atoms. The van der Waals surface area contributed by atoms with Crippen LogP contribution in [0.25, 0.3) is 0 Å². The molecule has 0 unspecified atom stereocenters. The summed E-state index contributed by atoms with van der Waals surface area (Å²) in [5.74, 6) is 0. The van der Waals surface area contributed by atoms with Crippen LogP contribution in [0.4, 0.5) is 26.3 Å². The van der Waals surface area contributed by atoms with E-state index in [1.807, 2.05) is 0 Å². The van der Waals surface area contributed by atoms with E-state index in [2.05, 4.69) is 6.58 Å². The fourth-order valence-corrected chi connectivity index (χ4v) is 0.748. The Hall–Kier alpha value is -0.650. The zero-order valence-corrected chi connectivity index (χ0v) is 6.69. The largest absolute Gasteiger partial charge is 0.422 e. The van der Waals surface area contributed by atoms with Gasteiger partial charge in [-0.2, -0.15) is 26.3 Å². The molecule has 7 heteroatoms. The first-order valence-electron chi connectivity index (χ1n) is 2.77. The summed E-state index contributed by atoms with van der Waals surface area (Å²) in [6.07, 6.45) is -10.8. The quantitative estimate of drug-likeness (QED) is 0.470. The van der Waals surface area contributed by atoms with Gasteiger partial charge in [0.2, 0.25) is 0 Å². The lowest BCUT2D eigenvalue weighted by Crippen LogP contribution is -2.27. The van der Waals surface area contributed by atoms with Crippen molar-refractivity contribution in [2.45, 2.75) is 12.4 Å². The smallest absolute Gasteiger partial charge is 0.166 e. The van der Waals surface area contributed by atoms with Crippen LogP contribution < -0.4 is 0 Å². The van der Waals surface area contributed by atoms with Gasteiger partial charge in [-0.1, -0.05) is 24.3 Å². The van der Waals surface area contributed by atoms with E-state index < -0.39 is 23.0 Å². The second-order valence-electron chi connectivity index (χ2n) is 1.92. The summed E-state index contributed by atoms with van der Waals surface area (Å²) >= 11 is 4.72. The van der Waals surface area contributed by atoms with Crippen LogP contribution in [0.5, 0.6) is 0 Å². The highest BCUT2D eigenvalue weighted by Gasteiger charge is 2.52. The molecule has 0 spiro atoms. The van der Waals surface area contributed by atoms with Crippen molar-refractivity contribution in [3.8, 4) is 0 Å². The number of allylic oxidation sites excluding steroid dienone is 3. The standard InChI is InChI=1S/C6H3ClF6/c1-2-3(7)4(5(8,9)10)6(11,12)13/h2H,1H2. The molecule has 0 amide bonds. The predicted molar refractivity (Wildman–Crippen MR) is 35.2 cm³/mol. The van der Waals surface area contributed by atoms with E-state index >= 15 is 0 Å². The molecule has 0 aromatic heterocycles. The maximum Gasteiger partial charge on any atom is 0.422 e. The lowest BCUT2D eigenvalue weighted by molar-refractivity contribution is -0.172. The first-order chi connectivity index (χ1) is 5.60. The monoisotopic (exact) mass is 224 g/mol. The first-order valence-corrected chi connectivity index (χ1v) is 3.15. The Bertz CT molecular complexity index is 216. The minimum Gasteiger partial charge on any atom is -0.166 e. The van der Waals surface area contributed by atoms with Crippen LogP contribution in [-0.2, 0) is 0 Å². The number of hydrogen-bond acceptors (Lipinski definition) is 0. The van der Waals surface area contributed by atoms with Crippen molar-refractivity contribution in [1.82, 2.24) is 0 Å². The van der Waals surface area contributed by atoms with Crippen LogP contribution in [-0.4, -0.2) is 12.4 Å². The van der Waals surface area contributed by atoms with Crippen molar-refractivity contribution < 1.29 is 26.3 Å². The molecular weight excluding hydrogens is 222 g/mol. The van der Waals surface area contributed by atoms with Gasteiger partial charge in [-0.25, -0.2) is 0 Å². The van der Waals surface area contributed by atoms with E-state index in [1.54, 1.807) is 0 Å². The maximum absolute atomic E-state index is 11.7. The fourth-order valence-electron chi connectivity index (χ4n) is 0.534. The molecule has 0 rings (SSSR count). The Morgan fingerprint density at radius 1 is 1.00 bits per heavy atom. The van der Waals surface area contributed by atoms with Crippen LogP contribution in [0.1, 0.15) is 0 Å². The molecule has 0 saturated heterocycles. The molecule has 0 aliphatic heterocycles. The molecule has 0 aromatic rings. The van der Waals surface area contributed by atoms with Crippen LogP contribution in [0.2, 0.25) is 0 Å². The Morgan fingerprint density at radius 2 is 1.31 bits per heavy atom. The molecular formula is C6H3ClF6. The van der Waals surface area contributed by atoms with Gasteiger partial charge < -0.3 is 0 Å².